The Kier molecular flexibility index (Phi) is 6.06. The minimum atomic E-state index is -0.0646. The zero-order chi connectivity index (χ0) is 18.4. The van der Waals surface area contributed by atoms with E-state index in [1.54, 1.807) is 18.0 Å². The summed E-state index contributed by atoms with van der Waals surface area (Å²) in [5.74, 6) is 0.763. The van der Waals surface area contributed by atoms with Gasteiger partial charge in [0.2, 0.25) is 0 Å². The van der Waals surface area contributed by atoms with Crippen LogP contribution in [0.3, 0.4) is 0 Å². The highest BCUT2D eigenvalue weighted by Gasteiger charge is 2.26. The second-order valence-corrected chi connectivity index (χ2v) is 6.47. The molecule has 1 fully saturated rings. The molecule has 8 nitrogen and oxygen atoms in total. The van der Waals surface area contributed by atoms with Crippen LogP contribution in [0.1, 0.15) is 29.8 Å². The van der Waals surface area contributed by atoms with Gasteiger partial charge in [-0.1, -0.05) is 5.21 Å². The number of aromatic nitrogens is 3. The molecule has 1 saturated heterocycles. The summed E-state index contributed by atoms with van der Waals surface area (Å²) in [5, 5.41) is 11.5. The van der Waals surface area contributed by atoms with Crippen LogP contribution in [0.2, 0.25) is 0 Å². The lowest BCUT2D eigenvalue weighted by Crippen LogP contribution is -2.45. The van der Waals surface area contributed by atoms with Gasteiger partial charge < -0.3 is 20.7 Å². The predicted molar refractivity (Wildman–Crippen MR) is 99.2 cm³/mol. The van der Waals surface area contributed by atoms with Gasteiger partial charge in [0, 0.05) is 31.4 Å². The van der Waals surface area contributed by atoms with E-state index in [-0.39, 0.29) is 11.9 Å². The molecule has 0 aliphatic carbocycles. The van der Waals surface area contributed by atoms with Crippen molar-refractivity contribution < 1.29 is 9.53 Å². The molecule has 3 rings (SSSR count). The Morgan fingerprint density at radius 2 is 2.19 bits per heavy atom. The maximum Gasteiger partial charge on any atom is 0.276 e. The number of carbonyl (C=O) groups is 1. The maximum atomic E-state index is 12.7. The highest BCUT2D eigenvalue weighted by molar-refractivity contribution is 5.92. The first-order chi connectivity index (χ1) is 12.7. The van der Waals surface area contributed by atoms with E-state index in [0.717, 1.165) is 37.2 Å². The third kappa shape index (κ3) is 4.51. The van der Waals surface area contributed by atoms with Gasteiger partial charge in [0.1, 0.15) is 5.75 Å². The van der Waals surface area contributed by atoms with Crippen molar-refractivity contribution in [3.63, 3.8) is 0 Å². The molecular weight excluding hydrogens is 332 g/mol. The van der Waals surface area contributed by atoms with E-state index in [0.29, 0.717) is 25.3 Å². The summed E-state index contributed by atoms with van der Waals surface area (Å²) in [4.78, 5) is 14.6. The van der Waals surface area contributed by atoms with E-state index < -0.39 is 0 Å². The zero-order valence-corrected chi connectivity index (χ0v) is 15.1. The number of methoxy groups -OCH3 is 1. The van der Waals surface area contributed by atoms with Gasteiger partial charge in [0.05, 0.1) is 13.3 Å². The molecule has 140 valence electrons. The molecule has 1 aliphatic rings. The Morgan fingerprint density at radius 3 is 2.92 bits per heavy atom. The molecule has 2 heterocycles. The van der Waals surface area contributed by atoms with Crippen molar-refractivity contribution >= 4 is 11.6 Å². The number of amides is 1. The van der Waals surface area contributed by atoms with E-state index in [4.69, 9.17) is 10.5 Å². The number of hydrogen-bond acceptors (Lipinski definition) is 6. The first kappa shape index (κ1) is 18.2. The van der Waals surface area contributed by atoms with E-state index in [1.807, 2.05) is 29.2 Å². The van der Waals surface area contributed by atoms with Crippen LogP contribution >= 0.6 is 0 Å². The largest absolute Gasteiger partial charge is 0.497 e. The molecule has 1 atom stereocenters. The summed E-state index contributed by atoms with van der Waals surface area (Å²) in [5.41, 5.74) is 6.93. The van der Waals surface area contributed by atoms with Gasteiger partial charge in [-0.3, -0.25) is 9.48 Å². The molecule has 0 spiro atoms. The predicted octanol–water partition coefficient (Wildman–Crippen LogP) is 1.35. The van der Waals surface area contributed by atoms with Gasteiger partial charge in [-0.05, 0) is 50.1 Å². The lowest BCUT2D eigenvalue weighted by molar-refractivity contribution is 0.0708. The van der Waals surface area contributed by atoms with E-state index >= 15 is 0 Å². The Morgan fingerprint density at radius 1 is 1.38 bits per heavy atom. The van der Waals surface area contributed by atoms with Gasteiger partial charge in [-0.25, -0.2) is 0 Å². The van der Waals surface area contributed by atoms with Gasteiger partial charge in [-0.2, -0.15) is 0 Å². The summed E-state index contributed by atoms with van der Waals surface area (Å²) in [7, 11) is 1.65. The molecule has 0 radical (unpaired) electrons. The number of nitrogens with two attached hydrogens (primary N) is 1. The average Bonchev–Trinajstić information content (AvgIpc) is 3.15. The van der Waals surface area contributed by atoms with Gasteiger partial charge in [0.25, 0.3) is 5.91 Å². The minimum Gasteiger partial charge on any atom is -0.497 e. The Hall–Kier alpha value is -2.61. The zero-order valence-electron chi connectivity index (χ0n) is 15.1. The highest BCUT2D eigenvalue weighted by atomic mass is 16.5. The average molecular weight is 358 g/mol. The molecule has 0 bridgehead atoms. The van der Waals surface area contributed by atoms with Crippen molar-refractivity contribution in [1.29, 1.82) is 0 Å². The smallest absolute Gasteiger partial charge is 0.276 e. The summed E-state index contributed by atoms with van der Waals surface area (Å²) in [6, 6.07) is 8.04. The van der Waals surface area contributed by atoms with Crippen molar-refractivity contribution in [2.45, 2.75) is 31.8 Å². The number of carbonyl (C=O) groups excluding carboxylic acids is 1. The van der Waals surface area contributed by atoms with Crippen LogP contribution in [0.5, 0.6) is 5.75 Å². The number of aryl methyl sites for hydroxylation is 1. The number of nitrogens with one attached hydrogen (secondary N) is 1. The molecule has 3 N–H and O–H groups in total. The highest BCUT2D eigenvalue weighted by Crippen LogP contribution is 2.20. The maximum absolute atomic E-state index is 12.7. The Bertz CT molecular complexity index is 715. The van der Waals surface area contributed by atoms with Crippen molar-refractivity contribution in [3.8, 4) is 5.75 Å². The van der Waals surface area contributed by atoms with E-state index in [2.05, 4.69) is 15.6 Å². The summed E-state index contributed by atoms with van der Waals surface area (Å²) in [6.07, 6.45) is 4.51. The fourth-order valence-corrected chi connectivity index (χ4v) is 3.12. The molecule has 1 unspecified atom stereocenters. The monoisotopic (exact) mass is 358 g/mol. The Balaban J connectivity index is 1.58. The molecule has 26 heavy (non-hydrogen) atoms. The third-order valence-corrected chi connectivity index (χ3v) is 4.52. The number of ether oxygens (including phenoxy) is 1. The minimum absolute atomic E-state index is 0.0646. The van der Waals surface area contributed by atoms with Crippen molar-refractivity contribution in [3.05, 3.63) is 36.2 Å². The SMILES string of the molecule is COc1ccc(NC2CCCN(C(=O)c3cn(CCCN)nn3)C2)cc1. The lowest BCUT2D eigenvalue weighted by atomic mass is 10.0. The number of piperidine rings is 1. The summed E-state index contributed by atoms with van der Waals surface area (Å²) in [6.45, 7) is 2.67. The quantitative estimate of drug-likeness (QED) is 0.775. The molecule has 0 saturated carbocycles. The number of rotatable bonds is 7. The number of nitrogens with zero attached hydrogens (tertiary/aromatic N) is 4. The second kappa shape index (κ2) is 8.66. The number of likely N-dealkylation sites (tertiary alicyclic amines) is 1. The Labute approximate surface area is 153 Å². The number of benzene rings is 1. The molecule has 1 aliphatic heterocycles. The van der Waals surface area contributed by atoms with Crippen LogP contribution in [0.15, 0.2) is 30.5 Å². The third-order valence-electron chi connectivity index (χ3n) is 4.52. The van der Waals surface area contributed by atoms with Crippen molar-refractivity contribution in [2.24, 2.45) is 5.73 Å². The molecule has 1 aromatic carbocycles. The fraction of sp³-hybridized carbons (Fsp3) is 0.500. The van der Waals surface area contributed by atoms with Crippen LogP contribution in [0, 0.1) is 0 Å². The molecule has 1 amide bonds. The van der Waals surface area contributed by atoms with Crippen LogP contribution in [-0.4, -0.2) is 58.6 Å². The second-order valence-electron chi connectivity index (χ2n) is 6.47. The molecular formula is C18H26N6O2. The first-order valence-electron chi connectivity index (χ1n) is 8.99. The fourth-order valence-electron chi connectivity index (χ4n) is 3.12. The van der Waals surface area contributed by atoms with Crippen LogP contribution in [0.4, 0.5) is 5.69 Å². The summed E-state index contributed by atoms with van der Waals surface area (Å²) < 4.78 is 6.86. The molecule has 8 heteroatoms. The number of hydrogen-bond donors (Lipinski definition) is 2. The topological polar surface area (TPSA) is 98.3 Å². The molecule has 2 aromatic rings. The van der Waals surface area contributed by atoms with Crippen molar-refractivity contribution in [1.82, 2.24) is 19.9 Å². The standard InChI is InChI=1S/C18H26N6O2/c1-26-16-7-5-14(6-8-16)20-15-4-2-10-23(12-15)18(25)17-13-24(22-21-17)11-3-9-19/h5-8,13,15,20H,2-4,9-12,19H2,1H3. The lowest BCUT2D eigenvalue weighted by Gasteiger charge is -2.33. The van der Waals surface area contributed by atoms with Gasteiger partial charge in [0.15, 0.2) is 5.69 Å². The normalized spacial score (nSPS) is 17.2. The number of anilines is 1. The van der Waals surface area contributed by atoms with E-state index in [9.17, 15) is 4.79 Å². The van der Waals surface area contributed by atoms with Crippen LogP contribution in [-0.2, 0) is 6.54 Å². The van der Waals surface area contributed by atoms with Gasteiger partial charge in [-0.15, -0.1) is 5.10 Å². The molecule has 1 aromatic heterocycles. The van der Waals surface area contributed by atoms with Crippen LogP contribution in [0.25, 0.3) is 0 Å². The van der Waals surface area contributed by atoms with Crippen LogP contribution < -0.4 is 15.8 Å². The van der Waals surface area contributed by atoms with Gasteiger partial charge >= 0.3 is 0 Å². The first-order valence-corrected chi connectivity index (χ1v) is 8.99. The van der Waals surface area contributed by atoms with E-state index in [1.165, 1.54) is 0 Å². The van der Waals surface area contributed by atoms with Crippen molar-refractivity contribution in [2.75, 3.05) is 32.1 Å². The summed E-state index contributed by atoms with van der Waals surface area (Å²) >= 11 is 0.